The van der Waals surface area contributed by atoms with Gasteiger partial charge in [-0.1, -0.05) is 43.5 Å². The molecule has 2 bridgehead atoms. The number of rotatable bonds is 5. The van der Waals surface area contributed by atoms with Crippen molar-refractivity contribution < 1.29 is 9.59 Å². The van der Waals surface area contributed by atoms with Gasteiger partial charge in [0.15, 0.2) is 0 Å². The highest BCUT2D eigenvalue weighted by Gasteiger charge is 2.36. The first-order chi connectivity index (χ1) is 17.1. The van der Waals surface area contributed by atoms with Crippen LogP contribution < -0.4 is 4.90 Å². The van der Waals surface area contributed by atoms with Gasteiger partial charge in [0.2, 0.25) is 11.8 Å². The van der Waals surface area contributed by atoms with E-state index in [4.69, 9.17) is 0 Å². The van der Waals surface area contributed by atoms with Crippen molar-refractivity contribution in [1.29, 1.82) is 0 Å². The van der Waals surface area contributed by atoms with E-state index in [0.29, 0.717) is 31.6 Å². The number of pyridine rings is 1. The highest BCUT2D eigenvalue weighted by Crippen LogP contribution is 2.34. The van der Waals surface area contributed by atoms with Crippen LogP contribution in [0.2, 0.25) is 0 Å². The second-order valence-electron chi connectivity index (χ2n) is 10.6. The number of amides is 2. The van der Waals surface area contributed by atoms with Crippen molar-refractivity contribution in [3.8, 4) is 0 Å². The molecule has 0 spiro atoms. The van der Waals surface area contributed by atoms with Crippen LogP contribution in [0.25, 0.3) is 0 Å². The first kappa shape index (κ1) is 24.0. The summed E-state index contributed by atoms with van der Waals surface area (Å²) in [4.78, 5) is 37.2. The number of aromatic nitrogens is 1. The number of carbonyl (C=O) groups excluding carboxylic acids is 2. The summed E-state index contributed by atoms with van der Waals surface area (Å²) >= 11 is 0. The third-order valence-electron chi connectivity index (χ3n) is 8.34. The standard InChI is InChI=1S/C29H38N4O2/c1-22(34)32-17-15-26-12-13-27(33(26)19-24-8-5-16-30-18-24)21-31(20-25-9-2-3-10-28(25)32)29(35)14-11-23-6-4-7-23/h2-3,5,8-10,16,18,23,26-27H,4,6-7,11-15,17,19-21H2,1H3. The molecule has 2 aliphatic heterocycles. The van der Waals surface area contributed by atoms with Gasteiger partial charge in [-0.05, 0) is 54.9 Å². The smallest absolute Gasteiger partial charge is 0.223 e. The van der Waals surface area contributed by atoms with E-state index < -0.39 is 0 Å². The van der Waals surface area contributed by atoms with Crippen molar-refractivity contribution in [3.05, 3.63) is 59.9 Å². The van der Waals surface area contributed by atoms with E-state index in [0.717, 1.165) is 55.9 Å². The summed E-state index contributed by atoms with van der Waals surface area (Å²) in [6, 6.07) is 13.0. The molecule has 3 heterocycles. The average Bonchev–Trinajstić information content (AvgIpc) is 3.18. The predicted octanol–water partition coefficient (Wildman–Crippen LogP) is 4.78. The largest absolute Gasteiger partial charge is 0.337 e. The molecule has 0 N–H and O–H groups in total. The third kappa shape index (κ3) is 5.58. The fraction of sp³-hybridized carbons (Fsp3) is 0.552. The fourth-order valence-electron chi connectivity index (χ4n) is 6.10. The van der Waals surface area contributed by atoms with Gasteiger partial charge in [-0.15, -0.1) is 0 Å². The lowest BCUT2D eigenvalue weighted by Crippen LogP contribution is -2.45. The number of hydrogen-bond donors (Lipinski definition) is 0. The van der Waals surface area contributed by atoms with Crippen LogP contribution >= 0.6 is 0 Å². The lowest BCUT2D eigenvalue weighted by atomic mass is 9.82. The van der Waals surface area contributed by atoms with Crippen molar-refractivity contribution in [2.45, 2.75) is 83.5 Å². The summed E-state index contributed by atoms with van der Waals surface area (Å²) in [5.41, 5.74) is 3.22. The molecule has 2 unspecified atom stereocenters. The van der Waals surface area contributed by atoms with Crippen molar-refractivity contribution in [2.75, 3.05) is 18.0 Å². The zero-order valence-corrected chi connectivity index (χ0v) is 20.9. The molecule has 186 valence electrons. The first-order valence-corrected chi connectivity index (χ1v) is 13.4. The molecule has 35 heavy (non-hydrogen) atoms. The maximum absolute atomic E-state index is 13.6. The average molecular weight is 475 g/mol. The number of nitrogens with zero attached hydrogens (tertiary/aromatic N) is 4. The van der Waals surface area contributed by atoms with Gasteiger partial charge in [-0.2, -0.15) is 0 Å². The first-order valence-electron chi connectivity index (χ1n) is 13.4. The van der Waals surface area contributed by atoms with E-state index in [1.165, 1.54) is 24.8 Å². The van der Waals surface area contributed by atoms with E-state index in [9.17, 15) is 9.59 Å². The van der Waals surface area contributed by atoms with E-state index in [1.54, 1.807) is 6.92 Å². The highest BCUT2D eigenvalue weighted by atomic mass is 16.2. The van der Waals surface area contributed by atoms with E-state index >= 15 is 0 Å². The Bertz CT molecular complexity index is 1020. The molecule has 2 aromatic rings. The van der Waals surface area contributed by atoms with E-state index in [2.05, 4.69) is 26.9 Å². The molecule has 1 saturated heterocycles. The van der Waals surface area contributed by atoms with E-state index in [1.807, 2.05) is 41.6 Å². The molecule has 5 rings (SSSR count). The van der Waals surface area contributed by atoms with Crippen molar-refractivity contribution >= 4 is 17.5 Å². The van der Waals surface area contributed by atoms with Crippen LogP contribution in [0.15, 0.2) is 48.8 Å². The Kier molecular flexibility index (Phi) is 7.47. The summed E-state index contributed by atoms with van der Waals surface area (Å²) in [5.74, 6) is 1.04. The molecule has 2 fully saturated rings. The van der Waals surface area contributed by atoms with Gasteiger partial charge in [0.25, 0.3) is 0 Å². The Morgan fingerprint density at radius 2 is 1.83 bits per heavy atom. The zero-order valence-electron chi connectivity index (χ0n) is 20.9. The van der Waals surface area contributed by atoms with Gasteiger partial charge in [0.05, 0.1) is 0 Å². The summed E-state index contributed by atoms with van der Waals surface area (Å²) in [6.45, 7) is 4.49. The Labute approximate surface area is 209 Å². The van der Waals surface area contributed by atoms with Crippen LogP contribution in [0.1, 0.15) is 69.4 Å². The third-order valence-corrected chi connectivity index (χ3v) is 8.34. The Morgan fingerprint density at radius 1 is 1.00 bits per heavy atom. The molecule has 1 aromatic heterocycles. The van der Waals surface area contributed by atoms with Crippen LogP contribution in [0.4, 0.5) is 5.69 Å². The number of benzene rings is 1. The quantitative estimate of drug-likeness (QED) is 0.626. The van der Waals surface area contributed by atoms with Gasteiger partial charge >= 0.3 is 0 Å². The summed E-state index contributed by atoms with van der Waals surface area (Å²) in [7, 11) is 0. The highest BCUT2D eigenvalue weighted by molar-refractivity contribution is 5.92. The van der Waals surface area contributed by atoms with Crippen molar-refractivity contribution in [2.24, 2.45) is 5.92 Å². The molecular formula is C29H38N4O2. The number of carbonyl (C=O) groups is 2. The minimum absolute atomic E-state index is 0.0629. The number of anilines is 1. The lowest BCUT2D eigenvalue weighted by Gasteiger charge is -2.34. The minimum Gasteiger partial charge on any atom is -0.337 e. The molecule has 1 aliphatic carbocycles. The Balaban J connectivity index is 1.44. The Morgan fingerprint density at radius 3 is 2.57 bits per heavy atom. The second-order valence-corrected chi connectivity index (χ2v) is 10.6. The summed E-state index contributed by atoms with van der Waals surface area (Å²) in [6.07, 6.45) is 12.4. The van der Waals surface area contributed by atoms with Crippen LogP contribution in [-0.4, -0.2) is 51.8 Å². The predicted molar refractivity (Wildman–Crippen MR) is 138 cm³/mol. The molecule has 3 aliphatic rings. The van der Waals surface area contributed by atoms with Crippen LogP contribution in [0, 0.1) is 5.92 Å². The van der Waals surface area contributed by atoms with Crippen LogP contribution in [0.3, 0.4) is 0 Å². The van der Waals surface area contributed by atoms with Gasteiger partial charge < -0.3 is 9.80 Å². The SMILES string of the molecule is CC(=O)N1CCC2CCC(CN(C(=O)CCC3CCC3)Cc3ccccc31)N2Cc1cccnc1. The molecule has 2 amide bonds. The number of hydrogen-bond acceptors (Lipinski definition) is 4. The monoisotopic (exact) mass is 474 g/mol. The van der Waals surface area contributed by atoms with E-state index in [-0.39, 0.29) is 11.8 Å². The second kappa shape index (κ2) is 10.9. The molecule has 0 radical (unpaired) electrons. The van der Waals surface area contributed by atoms with Crippen molar-refractivity contribution in [3.63, 3.8) is 0 Å². The number of para-hydroxylation sites is 1. The molecular weight excluding hydrogens is 436 g/mol. The normalized spacial score (nSPS) is 23.3. The van der Waals surface area contributed by atoms with Gasteiger partial charge in [-0.25, -0.2) is 0 Å². The summed E-state index contributed by atoms with van der Waals surface area (Å²) < 4.78 is 0. The van der Waals surface area contributed by atoms with Gasteiger partial charge in [-0.3, -0.25) is 19.5 Å². The molecule has 2 atom stereocenters. The molecule has 1 aromatic carbocycles. The zero-order chi connectivity index (χ0) is 24.2. The summed E-state index contributed by atoms with van der Waals surface area (Å²) in [5, 5.41) is 0. The maximum atomic E-state index is 13.6. The van der Waals surface area contributed by atoms with Crippen LogP contribution in [-0.2, 0) is 22.7 Å². The van der Waals surface area contributed by atoms with Crippen LogP contribution in [0.5, 0.6) is 0 Å². The van der Waals surface area contributed by atoms with Crippen molar-refractivity contribution in [1.82, 2.24) is 14.8 Å². The van der Waals surface area contributed by atoms with Gasteiger partial charge in [0.1, 0.15) is 0 Å². The Hall–Kier alpha value is -2.73. The lowest BCUT2D eigenvalue weighted by molar-refractivity contribution is -0.133. The molecule has 6 nitrogen and oxygen atoms in total. The van der Waals surface area contributed by atoms with Gasteiger partial charge in [0, 0.05) is 69.7 Å². The fourth-order valence-corrected chi connectivity index (χ4v) is 6.10. The molecule has 6 heteroatoms. The topological polar surface area (TPSA) is 56.8 Å². The maximum Gasteiger partial charge on any atom is 0.223 e. The molecule has 1 saturated carbocycles. The minimum atomic E-state index is 0.0629. The number of fused-ring (bicyclic) bond motifs is 3.